The lowest BCUT2D eigenvalue weighted by Crippen LogP contribution is -2.27. The second-order valence-electron chi connectivity index (χ2n) is 6.30. The first-order chi connectivity index (χ1) is 12.0. The van der Waals surface area contributed by atoms with E-state index in [0.717, 1.165) is 16.5 Å². The molecule has 0 radical (unpaired) electrons. The van der Waals surface area contributed by atoms with Crippen LogP contribution in [-0.2, 0) is 0 Å². The highest BCUT2D eigenvalue weighted by molar-refractivity contribution is 6.36. The van der Waals surface area contributed by atoms with Crippen molar-refractivity contribution in [2.45, 2.75) is 13.8 Å². The molecule has 0 spiro atoms. The van der Waals surface area contributed by atoms with E-state index in [4.69, 9.17) is 23.2 Å². The molecule has 0 fully saturated rings. The van der Waals surface area contributed by atoms with Crippen LogP contribution in [-0.4, -0.2) is 17.4 Å². The third-order valence-corrected chi connectivity index (χ3v) is 4.39. The molecule has 1 heterocycles. The van der Waals surface area contributed by atoms with Gasteiger partial charge in [-0.1, -0.05) is 55.2 Å². The molecule has 1 amide bonds. The van der Waals surface area contributed by atoms with Crippen LogP contribution >= 0.6 is 23.2 Å². The largest absolute Gasteiger partial charge is 0.352 e. The molecular weight excluding hydrogens is 355 g/mol. The fourth-order valence-electron chi connectivity index (χ4n) is 2.59. The van der Waals surface area contributed by atoms with Gasteiger partial charge in [0, 0.05) is 22.5 Å². The van der Waals surface area contributed by atoms with Crippen molar-refractivity contribution in [2.24, 2.45) is 5.92 Å². The fourth-order valence-corrected chi connectivity index (χ4v) is 3.10. The highest BCUT2D eigenvalue weighted by Crippen LogP contribution is 2.31. The number of halogens is 2. The molecule has 3 aromatic rings. The van der Waals surface area contributed by atoms with Crippen LogP contribution in [0.25, 0.3) is 22.2 Å². The van der Waals surface area contributed by atoms with Crippen molar-refractivity contribution in [1.82, 2.24) is 10.3 Å². The summed E-state index contributed by atoms with van der Waals surface area (Å²) in [5, 5.41) is 4.85. The van der Waals surface area contributed by atoms with Crippen molar-refractivity contribution in [3.05, 3.63) is 64.1 Å². The van der Waals surface area contributed by atoms with E-state index >= 15 is 0 Å². The van der Waals surface area contributed by atoms with Gasteiger partial charge in [-0.05, 0) is 36.2 Å². The molecular formula is C20H18Cl2N2O. The molecule has 3 rings (SSSR count). The third-order valence-electron chi connectivity index (χ3n) is 3.84. The zero-order valence-electron chi connectivity index (χ0n) is 14.0. The Bertz CT molecular complexity index is 938. The van der Waals surface area contributed by atoms with E-state index in [0.29, 0.717) is 33.8 Å². The Hall–Kier alpha value is -2.10. The summed E-state index contributed by atoms with van der Waals surface area (Å²) in [7, 11) is 0. The predicted molar refractivity (Wildman–Crippen MR) is 104 cm³/mol. The average Bonchev–Trinajstić information content (AvgIpc) is 2.58. The maximum Gasteiger partial charge on any atom is 0.252 e. The molecule has 0 unspecified atom stereocenters. The Morgan fingerprint density at radius 3 is 2.60 bits per heavy atom. The number of pyridine rings is 1. The third kappa shape index (κ3) is 3.94. The van der Waals surface area contributed by atoms with Crippen LogP contribution < -0.4 is 5.32 Å². The van der Waals surface area contributed by atoms with Gasteiger partial charge in [-0.15, -0.1) is 0 Å². The van der Waals surface area contributed by atoms with Gasteiger partial charge in [0.15, 0.2) is 0 Å². The summed E-state index contributed by atoms with van der Waals surface area (Å²) < 4.78 is 0. The van der Waals surface area contributed by atoms with Gasteiger partial charge in [0.1, 0.15) is 0 Å². The summed E-state index contributed by atoms with van der Waals surface area (Å²) in [5.41, 5.74) is 2.73. The van der Waals surface area contributed by atoms with Gasteiger partial charge in [0.05, 0.1) is 21.8 Å². The summed E-state index contributed by atoms with van der Waals surface area (Å²) in [6.45, 7) is 4.74. The number of carbonyl (C=O) groups is 1. The topological polar surface area (TPSA) is 42.0 Å². The van der Waals surface area contributed by atoms with Gasteiger partial charge in [-0.2, -0.15) is 0 Å². The van der Waals surface area contributed by atoms with E-state index in [1.165, 1.54) is 0 Å². The van der Waals surface area contributed by atoms with Crippen molar-refractivity contribution < 1.29 is 4.79 Å². The fraction of sp³-hybridized carbons (Fsp3) is 0.200. The number of hydrogen-bond acceptors (Lipinski definition) is 2. The minimum Gasteiger partial charge on any atom is -0.352 e. The van der Waals surface area contributed by atoms with E-state index in [2.05, 4.69) is 24.1 Å². The smallest absolute Gasteiger partial charge is 0.252 e. The number of hydrogen-bond donors (Lipinski definition) is 1. The average molecular weight is 373 g/mol. The van der Waals surface area contributed by atoms with Crippen molar-refractivity contribution in [1.29, 1.82) is 0 Å². The molecule has 3 nitrogen and oxygen atoms in total. The summed E-state index contributed by atoms with van der Waals surface area (Å²) in [4.78, 5) is 17.4. The number of carbonyl (C=O) groups excluding carboxylic acids is 1. The van der Waals surface area contributed by atoms with E-state index < -0.39 is 0 Å². The molecule has 0 bridgehead atoms. The summed E-state index contributed by atoms with van der Waals surface area (Å²) in [5.74, 6) is 0.265. The number of amides is 1. The standard InChI is InChI=1S/C20H18Cl2N2O/c1-12(2)11-23-20(25)16-10-19(15-8-7-13(21)9-17(15)22)24-18-6-4-3-5-14(16)18/h3-10,12H,11H2,1-2H3,(H,23,25). The first-order valence-electron chi connectivity index (χ1n) is 8.09. The highest BCUT2D eigenvalue weighted by atomic mass is 35.5. The Balaban J connectivity index is 2.13. The van der Waals surface area contributed by atoms with Crippen LogP contribution in [0, 0.1) is 5.92 Å². The Morgan fingerprint density at radius 1 is 1.12 bits per heavy atom. The highest BCUT2D eigenvalue weighted by Gasteiger charge is 2.15. The van der Waals surface area contributed by atoms with Gasteiger partial charge in [0.25, 0.3) is 5.91 Å². The monoisotopic (exact) mass is 372 g/mol. The molecule has 5 heteroatoms. The lowest BCUT2D eigenvalue weighted by Gasteiger charge is -2.12. The molecule has 0 atom stereocenters. The lowest BCUT2D eigenvalue weighted by molar-refractivity contribution is 0.0950. The van der Waals surface area contributed by atoms with Crippen LogP contribution in [0.5, 0.6) is 0 Å². The van der Waals surface area contributed by atoms with Crippen molar-refractivity contribution in [3.63, 3.8) is 0 Å². The normalized spacial score (nSPS) is 11.1. The molecule has 2 aromatic carbocycles. The minimum absolute atomic E-state index is 0.112. The van der Waals surface area contributed by atoms with Gasteiger partial charge < -0.3 is 5.32 Å². The Labute approximate surface area is 157 Å². The molecule has 0 saturated heterocycles. The quantitative estimate of drug-likeness (QED) is 0.647. The van der Waals surface area contributed by atoms with Gasteiger partial charge in [0.2, 0.25) is 0 Å². The second-order valence-corrected chi connectivity index (χ2v) is 7.14. The number of fused-ring (bicyclic) bond motifs is 1. The minimum atomic E-state index is -0.112. The first kappa shape index (κ1) is 17.7. The number of aromatic nitrogens is 1. The van der Waals surface area contributed by atoms with Crippen LogP contribution in [0.3, 0.4) is 0 Å². The van der Waals surface area contributed by atoms with E-state index in [-0.39, 0.29) is 5.91 Å². The summed E-state index contributed by atoms with van der Waals surface area (Å²) in [6.07, 6.45) is 0. The molecule has 1 aromatic heterocycles. The maximum atomic E-state index is 12.7. The molecule has 25 heavy (non-hydrogen) atoms. The predicted octanol–water partition coefficient (Wildman–Crippen LogP) is 5.59. The zero-order valence-corrected chi connectivity index (χ0v) is 15.5. The van der Waals surface area contributed by atoms with Gasteiger partial charge >= 0.3 is 0 Å². The van der Waals surface area contributed by atoms with Gasteiger partial charge in [-0.25, -0.2) is 4.98 Å². The van der Waals surface area contributed by atoms with Gasteiger partial charge in [-0.3, -0.25) is 4.79 Å². The molecule has 0 aliphatic heterocycles. The second kappa shape index (κ2) is 7.42. The number of benzene rings is 2. The van der Waals surface area contributed by atoms with E-state index in [1.807, 2.05) is 30.3 Å². The zero-order chi connectivity index (χ0) is 18.0. The van der Waals surface area contributed by atoms with Crippen LogP contribution in [0.1, 0.15) is 24.2 Å². The Kier molecular flexibility index (Phi) is 5.26. The summed E-state index contributed by atoms with van der Waals surface area (Å²) >= 11 is 12.3. The summed E-state index contributed by atoms with van der Waals surface area (Å²) in [6, 6.07) is 14.6. The van der Waals surface area contributed by atoms with Crippen molar-refractivity contribution in [3.8, 4) is 11.3 Å². The SMILES string of the molecule is CC(C)CNC(=O)c1cc(-c2ccc(Cl)cc2Cl)nc2ccccc12. The molecule has 0 aliphatic rings. The van der Waals surface area contributed by atoms with E-state index in [9.17, 15) is 4.79 Å². The maximum absolute atomic E-state index is 12.7. The van der Waals surface area contributed by atoms with E-state index in [1.54, 1.807) is 18.2 Å². The number of nitrogens with one attached hydrogen (secondary N) is 1. The van der Waals surface area contributed by atoms with Crippen molar-refractivity contribution >= 4 is 40.0 Å². The molecule has 1 N–H and O–H groups in total. The number of para-hydroxylation sites is 1. The van der Waals surface area contributed by atoms with Crippen molar-refractivity contribution in [2.75, 3.05) is 6.54 Å². The lowest BCUT2D eigenvalue weighted by atomic mass is 10.0. The molecule has 0 saturated carbocycles. The van der Waals surface area contributed by atoms with Crippen LogP contribution in [0.15, 0.2) is 48.5 Å². The first-order valence-corrected chi connectivity index (χ1v) is 8.84. The molecule has 0 aliphatic carbocycles. The van der Waals surface area contributed by atoms with Crippen LogP contribution in [0.4, 0.5) is 0 Å². The number of nitrogens with zero attached hydrogens (tertiary/aromatic N) is 1. The van der Waals surface area contributed by atoms with Crippen LogP contribution in [0.2, 0.25) is 10.0 Å². The Morgan fingerprint density at radius 2 is 1.88 bits per heavy atom. The number of rotatable bonds is 4. The molecule has 128 valence electrons.